The van der Waals surface area contributed by atoms with Crippen molar-refractivity contribution in [2.75, 3.05) is 6.26 Å². The predicted molar refractivity (Wildman–Crippen MR) is 51.5 cm³/mol. The van der Waals surface area contributed by atoms with Crippen molar-refractivity contribution in [2.45, 2.75) is 4.90 Å². The van der Waals surface area contributed by atoms with Gasteiger partial charge in [0.15, 0.2) is 9.84 Å². The van der Waals surface area contributed by atoms with E-state index in [1.54, 1.807) is 12.1 Å². The summed E-state index contributed by atoms with van der Waals surface area (Å²) in [6.45, 7) is 0. The van der Waals surface area contributed by atoms with Crippen molar-refractivity contribution in [1.82, 2.24) is 0 Å². The molecule has 0 aliphatic heterocycles. The van der Waals surface area contributed by atoms with Crippen LogP contribution in [0.3, 0.4) is 0 Å². The molecule has 70 valence electrons. The first-order valence-corrected chi connectivity index (χ1v) is 5.14. The zero-order chi connectivity index (χ0) is 9.19. The van der Waals surface area contributed by atoms with Crippen LogP contribution in [-0.4, -0.2) is 14.7 Å². The van der Waals surface area contributed by atoms with Gasteiger partial charge in [-0.2, -0.15) is 5.26 Å². The molecule has 0 amide bonds. The van der Waals surface area contributed by atoms with E-state index in [0.717, 1.165) is 6.26 Å². The highest BCUT2D eigenvalue weighted by atomic mass is 35.5. The predicted octanol–water partition coefficient (Wildman–Crippen LogP) is 1.38. The molecule has 1 rings (SSSR count). The number of benzene rings is 1. The number of hydrogen-bond acceptors (Lipinski definition) is 3. The molecule has 0 spiro atoms. The Hall–Kier alpha value is -1.05. The number of hydrogen-bond donors (Lipinski definition) is 0. The van der Waals surface area contributed by atoms with Crippen molar-refractivity contribution in [2.24, 2.45) is 0 Å². The molecule has 0 radical (unpaired) electrons. The van der Waals surface area contributed by atoms with Crippen molar-refractivity contribution in [3.05, 3.63) is 29.8 Å². The van der Waals surface area contributed by atoms with E-state index in [9.17, 15) is 8.42 Å². The maximum atomic E-state index is 11.1. The average molecular weight is 218 g/mol. The van der Waals surface area contributed by atoms with Gasteiger partial charge >= 0.3 is 0 Å². The molecule has 5 heteroatoms. The summed E-state index contributed by atoms with van der Waals surface area (Å²) in [5, 5.41) is 8.57. The van der Waals surface area contributed by atoms with Crippen LogP contribution in [-0.2, 0) is 9.84 Å². The van der Waals surface area contributed by atoms with E-state index >= 15 is 0 Å². The Morgan fingerprint density at radius 3 is 2.23 bits per heavy atom. The van der Waals surface area contributed by atoms with Crippen LogP contribution in [0.2, 0.25) is 0 Å². The van der Waals surface area contributed by atoms with Crippen LogP contribution in [0.5, 0.6) is 0 Å². The second-order valence-corrected chi connectivity index (χ2v) is 4.36. The molecule has 0 atom stereocenters. The molecule has 0 bridgehead atoms. The molecule has 3 nitrogen and oxygen atoms in total. The highest BCUT2D eigenvalue weighted by Gasteiger charge is 2.10. The van der Waals surface area contributed by atoms with E-state index in [0.29, 0.717) is 0 Å². The van der Waals surface area contributed by atoms with Crippen molar-refractivity contribution in [1.29, 1.82) is 5.26 Å². The Kier molecular flexibility index (Phi) is 3.92. The highest BCUT2D eigenvalue weighted by Crippen LogP contribution is 2.13. The zero-order valence-corrected chi connectivity index (χ0v) is 8.52. The summed E-state index contributed by atoms with van der Waals surface area (Å²) in [6.07, 6.45) is 1.09. The average Bonchev–Trinajstić information content (AvgIpc) is 2.03. The minimum absolute atomic E-state index is 0. The first-order valence-electron chi connectivity index (χ1n) is 3.25. The molecule has 0 heterocycles. The lowest BCUT2D eigenvalue weighted by atomic mass is 10.2. The van der Waals surface area contributed by atoms with Crippen LogP contribution in [0.15, 0.2) is 29.2 Å². The maximum Gasteiger partial charge on any atom is 0.176 e. The topological polar surface area (TPSA) is 57.9 Å². The Bertz CT molecular complexity index is 434. The number of sulfone groups is 1. The quantitative estimate of drug-likeness (QED) is 0.714. The lowest BCUT2D eigenvalue weighted by molar-refractivity contribution is 0.601. The van der Waals surface area contributed by atoms with Gasteiger partial charge in [-0.3, -0.25) is 0 Å². The Labute approximate surface area is 83.3 Å². The summed E-state index contributed by atoms with van der Waals surface area (Å²) in [5.41, 5.74) is 0.194. The van der Waals surface area contributed by atoms with Gasteiger partial charge in [0.25, 0.3) is 0 Å². The molecule has 0 aliphatic carbocycles. The number of nitrogens with zero attached hydrogens (tertiary/aromatic N) is 1. The molecule has 1 aromatic rings. The van der Waals surface area contributed by atoms with Crippen LogP contribution in [0.4, 0.5) is 0 Å². The summed E-state index contributed by atoms with van der Waals surface area (Å²) in [7, 11) is -3.27. The normalized spacial score (nSPS) is 9.85. The van der Waals surface area contributed by atoms with Crippen LogP contribution in [0.1, 0.15) is 5.56 Å². The van der Waals surface area contributed by atoms with Gasteiger partial charge < -0.3 is 0 Å². The Morgan fingerprint density at radius 2 is 1.85 bits per heavy atom. The molecular weight excluding hydrogens is 210 g/mol. The SMILES string of the molecule is CS(=O)(=O)c1ccccc1C#N.Cl. The lowest BCUT2D eigenvalue weighted by Gasteiger charge is -1.98. The van der Waals surface area contributed by atoms with Gasteiger partial charge in [-0.05, 0) is 12.1 Å². The van der Waals surface area contributed by atoms with Gasteiger partial charge in [-0.15, -0.1) is 12.4 Å². The Balaban J connectivity index is 0.00000144. The van der Waals surface area contributed by atoms with E-state index in [1.807, 2.05) is 6.07 Å². The minimum atomic E-state index is -3.27. The third-order valence-corrected chi connectivity index (χ3v) is 2.56. The molecular formula is C8H8ClNO2S. The van der Waals surface area contributed by atoms with Crippen molar-refractivity contribution in [3.8, 4) is 6.07 Å². The van der Waals surface area contributed by atoms with Crippen molar-refractivity contribution in [3.63, 3.8) is 0 Å². The van der Waals surface area contributed by atoms with Gasteiger partial charge in [0.2, 0.25) is 0 Å². The maximum absolute atomic E-state index is 11.1. The van der Waals surface area contributed by atoms with Crippen LogP contribution in [0, 0.1) is 11.3 Å². The van der Waals surface area contributed by atoms with Gasteiger partial charge in [0.05, 0.1) is 10.5 Å². The second-order valence-electron chi connectivity index (χ2n) is 2.38. The molecule has 0 unspecified atom stereocenters. The van der Waals surface area contributed by atoms with Gasteiger partial charge in [-0.1, -0.05) is 12.1 Å². The zero-order valence-electron chi connectivity index (χ0n) is 6.89. The molecule has 0 fully saturated rings. The molecule has 0 saturated carbocycles. The van der Waals surface area contributed by atoms with Crippen LogP contribution < -0.4 is 0 Å². The smallest absolute Gasteiger partial charge is 0.176 e. The van der Waals surface area contributed by atoms with E-state index in [-0.39, 0.29) is 22.9 Å². The third kappa shape index (κ3) is 2.72. The standard InChI is InChI=1S/C8H7NO2S.ClH/c1-12(10,11)8-5-3-2-4-7(8)6-9;/h2-5H,1H3;1H. The molecule has 13 heavy (non-hydrogen) atoms. The summed E-state index contributed by atoms with van der Waals surface area (Å²) in [5.74, 6) is 0. The fourth-order valence-corrected chi connectivity index (χ4v) is 1.72. The van der Waals surface area contributed by atoms with E-state index < -0.39 is 9.84 Å². The van der Waals surface area contributed by atoms with Gasteiger partial charge in [0.1, 0.15) is 6.07 Å². The molecule has 0 aliphatic rings. The largest absolute Gasteiger partial charge is 0.224 e. The molecule has 1 aromatic carbocycles. The van der Waals surface area contributed by atoms with Gasteiger partial charge in [0, 0.05) is 6.26 Å². The number of nitriles is 1. The van der Waals surface area contributed by atoms with E-state index in [2.05, 4.69) is 0 Å². The monoisotopic (exact) mass is 217 g/mol. The van der Waals surface area contributed by atoms with Crippen molar-refractivity contribution < 1.29 is 8.42 Å². The summed E-state index contributed by atoms with van der Waals surface area (Å²) < 4.78 is 22.1. The number of halogens is 1. The second kappa shape index (κ2) is 4.26. The highest BCUT2D eigenvalue weighted by molar-refractivity contribution is 7.90. The third-order valence-electron chi connectivity index (χ3n) is 1.41. The number of rotatable bonds is 1. The van der Waals surface area contributed by atoms with Gasteiger partial charge in [-0.25, -0.2) is 8.42 Å². The van der Waals surface area contributed by atoms with Crippen molar-refractivity contribution >= 4 is 22.2 Å². The summed E-state index contributed by atoms with van der Waals surface area (Å²) >= 11 is 0. The minimum Gasteiger partial charge on any atom is -0.224 e. The molecule has 0 saturated heterocycles. The fraction of sp³-hybridized carbons (Fsp3) is 0.125. The van der Waals surface area contributed by atoms with Crippen LogP contribution >= 0.6 is 12.4 Å². The summed E-state index contributed by atoms with van der Waals surface area (Å²) in [6, 6.07) is 7.96. The molecule has 0 N–H and O–H groups in total. The van der Waals surface area contributed by atoms with E-state index in [4.69, 9.17) is 5.26 Å². The van der Waals surface area contributed by atoms with E-state index in [1.165, 1.54) is 12.1 Å². The summed E-state index contributed by atoms with van der Waals surface area (Å²) in [4.78, 5) is 0.0903. The fourth-order valence-electron chi connectivity index (χ4n) is 0.882. The lowest BCUT2D eigenvalue weighted by Crippen LogP contribution is -1.99. The van der Waals surface area contributed by atoms with Crippen LogP contribution in [0.25, 0.3) is 0 Å². The molecule has 0 aromatic heterocycles. The first-order chi connectivity index (χ1) is 5.55. The Morgan fingerprint density at radius 1 is 1.31 bits per heavy atom. The first kappa shape index (κ1) is 11.9.